The van der Waals surface area contributed by atoms with Gasteiger partial charge in [-0.1, -0.05) is 23.2 Å². The van der Waals surface area contributed by atoms with Crippen LogP contribution in [0.4, 0.5) is 11.4 Å². The molecule has 1 amide bonds. The maximum absolute atomic E-state index is 12.3. The van der Waals surface area contributed by atoms with Gasteiger partial charge in [0.25, 0.3) is 5.91 Å². The average molecular weight is 354 g/mol. The molecule has 0 saturated carbocycles. The lowest BCUT2D eigenvalue weighted by Gasteiger charge is -2.09. The number of pyridine rings is 1. The van der Waals surface area contributed by atoms with Crippen LogP contribution in [-0.4, -0.2) is 31.2 Å². The first kappa shape index (κ1) is 17.5. The zero-order chi connectivity index (χ0) is 16.7. The first-order valence-corrected chi connectivity index (χ1v) is 7.80. The Bertz CT molecular complexity index is 680. The summed E-state index contributed by atoms with van der Waals surface area (Å²) in [6, 6.07) is 6.63. The Morgan fingerprint density at radius 3 is 2.83 bits per heavy atom. The average Bonchev–Trinajstić information content (AvgIpc) is 2.54. The number of methoxy groups -OCH3 is 1. The molecule has 5 nitrogen and oxygen atoms in total. The molecule has 23 heavy (non-hydrogen) atoms. The third-order valence-electron chi connectivity index (χ3n) is 3.03. The zero-order valence-corrected chi connectivity index (χ0v) is 14.1. The Kier molecular flexibility index (Phi) is 6.65. The van der Waals surface area contributed by atoms with Crippen molar-refractivity contribution in [2.24, 2.45) is 0 Å². The number of hydrogen-bond acceptors (Lipinski definition) is 4. The van der Waals surface area contributed by atoms with Crippen LogP contribution in [0.15, 0.2) is 36.7 Å². The molecule has 1 heterocycles. The van der Waals surface area contributed by atoms with Crippen molar-refractivity contribution in [3.05, 3.63) is 52.3 Å². The number of benzene rings is 1. The largest absolute Gasteiger partial charge is 0.385 e. The maximum atomic E-state index is 12.3. The predicted octanol–water partition coefficient (Wildman–Crippen LogP) is 4.09. The second kappa shape index (κ2) is 8.72. The van der Waals surface area contributed by atoms with E-state index >= 15 is 0 Å². The molecule has 0 atom stereocenters. The molecule has 0 aliphatic heterocycles. The molecular weight excluding hydrogens is 337 g/mol. The van der Waals surface area contributed by atoms with E-state index in [2.05, 4.69) is 15.6 Å². The van der Waals surface area contributed by atoms with E-state index in [0.717, 1.165) is 18.7 Å². The molecule has 1 aromatic carbocycles. The highest BCUT2D eigenvalue weighted by molar-refractivity contribution is 6.36. The van der Waals surface area contributed by atoms with Crippen molar-refractivity contribution >= 4 is 40.5 Å². The summed E-state index contributed by atoms with van der Waals surface area (Å²) in [4.78, 5) is 16.4. The number of carbonyl (C=O) groups is 1. The first-order chi connectivity index (χ1) is 11.1. The monoisotopic (exact) mass is 353 g/mol. The number of ether oxygens (including phenoxy) is 1. The van der Waals surface area contributed by atoms with E-state index in [4.69, 9.17) is 27.9 Å². The molecule has 7 heteroatoms. The standard InChI is InChI=1S/C16H17Cl2N3O2/c1-23-6-2-5-20-13-7-11(9-19-10-13)16(22)21-15-4-3-12(17)8-14(15)18/h3-4,7-10,20H,2,5-6H2,1H3,(H,21,22). The van der Waals surface area contributed by atoms with Gasteiger partial charge in [-0.2, -0.15) is 0 Å². The van der Waals surface area contributed by atoms with Crippen molar-refractivity contribution in [3.63, 3.8) is 0 Å². The summed E-state index contributed by atoms with van der Waals surface area (Å²) >= 11 is 11.9. The molecule has 1 aromatic heterocycles. The summed E-state index contributed by atoms with van der Waals surface area (Å²) in [6.07, 6.45) is 4.03. The van der Waals surface area contributed by atoms with Gasteiger partial charge in [0.1, 0.15) is 0 Å². The quantitative estimate of drug-likeness (QED) is 0.735. The van der Waals surface area contributed by atoms with Crippen molar-refractivity contribution in [2.45, 2.75) is 6.42 Å². The Morgan fingerprint density at radius 2 is 2.09 bits per heavy atom. The zero-order valence-electron chi connectivity index (χ0n) is 12.6. The normalized spacial score (nSPS) is 10.4. The topological polar surface area (TPSA) is 63.2 Å². The van der Waals surface area contributed by atoms with Crippen molar-refractivity contribution in [2.75, 3.05) is 30.9 Å². The molecular formula is C16H17Cl2N3O2. The maximum Gasteiger partial charge on any atom is 0.257 e. The lowest BCUT2D eigenvalue weighted by Crippen LogP contribution is -2.13. The Labute approximate surface area is 145 Å². The van der Waals surface area contributed by atoms with E-state index in [1.54, 1.807) is 37.6 Å². The second-order valence-electron chi connectivity index (χ2n) is 4.81. The van der Waals surface area contributed by atoms with Crippen molar-refractivity contribution in [3.8, 4) is 0 Å². The fourth-order valence-electron chi connectivity index (χ4n) is 1.90. The second-order valence-corrected chi connectivity index (χ2v) is 5.66. The smallest absolute Gasteiger partial charge is 0.257 e. The Hall–Kier alpha value is -1.82. The van der Waals surface area contributed by atoms with Crippen molar-refractivity contribution in [1.82, 2.24) is 4.98 Å². The number of hydrogen-bond donors (Lipinski definition) is 2. The van der Waals surface area contributed by atoms with Gasteiger partial charge in [-0.15, -0.1) is 0 Å². The minimum atomic E-state index is -0.290. The summed E-state index contributed by atoms with van der Waals surface area (Å²) in [6.45, 7) is 1.42. The lowest BCUT2D eigenvalue weighted by atomic mass is 10.2. The number of carbonyl (C=O) groups excluding carboxylic acids is 1. The summed E-state index contributed by atoms with van der Waals surface area (Å²) in [7, 11) is 1.66. The van der Waals surface area contributed by atoms with Crippen LogP contribution in [0, 0.1) is 0 Å². The molecule has 0 aliphatic rings. The fraction of sp³-hybridized carbons (Fsp3) is 0.250. The lowest BCUT2D eigenvalue weighted by molar-refractivity contribution is 0.102. The fourth-order valence-corrected chi connectivity index (χ4v) is 2.35. The highest BCUT2D eigenvalue weighted by Gasteiger charge is 2.10. The van der Waals surface area contributed by atoms with Crippen molar-refractivity contribution < 1.29 is 9.53 Å². The van der Waals surface area contributed by atoms with Gasteiger partial charge in [0.2, 0.25) is 0 Å². The summed E-state index contributed by atoms with van der Waals surface area (Å²) in [5.74, 6) is -0.290. The van der Waals surface area contributed by atoms with Gasteiger partial charge in [-0.3, -0.25) is 9.78 Å². The molecule has 0 radical (unpaired) electrons. The van der Waals surface area contributed by atoms with Crippen LogP contribution in [0.2, 0.25) is 10.0 Å². The summed E-state index contributed by atoms with van der Waals surface area (Å²) in [5, 5.41) is 6.82. The molecule has 2 aromatic rings. The molecule has 2 rings (SSSR count). The van der Waals surface area contributed by atoms with Crippen LogP contribution in [0.3, 0.4) is 0 Å². The van der Waals surface area contributed by atoms with Gasteiger partial charge in [0, 0.05) is 37.7 Å². The molecule has 0 saturated heterocycles. The molecule has 0 aliphatic carbocycles. The van der Waals surface area contributed by atoms with Crippen LogP contribution < -0.4 is 10.6 Å². The first-order valence-electron chi connectivity index (χ1n) is 7.04. The predicted molar refractivity (Wildman–Crippen MR) is 93.6 cm³/mol. The number of aromatic nitrogens is 1. The van der Waals surface area contributed by atoms with Crippen LogP contribution >= 0.6 is 23.2 Å². The molecule has 0 unspecified atom stereocenters. The van der Waals surface area contributed by atoms with Crippen molar-refractivity contribution in [1.29, 1.82) is 0 Å². The number of nitrogens with zero attached hydrogens (tertiary/aromatic N) is 1. The molecule has 122 valence electrons. The number of nitrogens with one attached hydrogen (secondary N) is 2. The number of amides is 1. The van der Waals surface area contributed by atoms with Gasteiger partial charge < -0.3 is 15.4 Å². The molecule has 0 bridgehead atoms. The molecule has 2 N–H and O–H groups in total. The number of rotatable bonds is 7. The number of halogens is 2. The highest BCUT2D eigenvalue weighted by atomic mass is 35.5. The summed E-state index contributed by atoms with van der Waals surface area (Å²) in [5.41, 5.74) is 1.71. The Balaban J connectivity index is 2.01. The van der Waals surface area contributed by atoms with Gasteiger partial charge >= 0.3 is 0 Å². The minimum absolute atomic E-state index is 0.290. The van der Waals surface area contributed by atoms with E-state index in [9.17, 15) is 4.79 Å². The summed E-state index contributed by atoms with van der Waals surface area (Å²) < 4.78 is 4.99. The highest BCUT2D eigenvalue weighted by Crippen LogP contribution is 2.25. The van der Waals surface area contributed by atoms with Gasteiger partial charge in [0.05, 0.1) is 22.0 Å². The molecule has 0 fully saturated rings. The van der Waals surface area contributed by atoms with E-state index in [-0.39, 0.29) is 5.91 Å². The third-order valence-corrected chi connectivity index (χ3v) is 3.58. The van der Waals surface area contributed by atoms with E-state index in [0.29, 0.717) is 27.9 Å². The minimum Gasteiger partial charge on any atom is -0.385 e. The van der Waals surface area contributed by atoms with E-state index < -0.39 is 0 Å². The van der Waals surface area contributed by atoms with Gasteiger partial charge in [-0.05, 0) is 30.7 Å². The van der Waals surface area contributed by atoms with E-state index in [1.807, 2.05) is 0 Å². The van der Waals surface area contributed by atoms with Crippen LogP contribution in [0.25, 0.3) is 0 Å². The van der Waals surface area contributed by atoms with Crippen LogP contribution in [0.5, 0.6) is 0 Å². The van der Waals surface area contributed by atoms with E-state index in [1.165, 1.54) is 6.20 Å². The van der Waals surface area contributed by atoms with Crippen LogP contribution in [0.1, 0.15) is 16.8 Å². The Morgan fingerprint density at radius 1 is 1.26 bits per heavy atom. The number of anilines is 2. The van der Waals surface area contributed by atoms with Gasteiger partial charge in [-0.25, -0.2) is 0 Å². The SMILES string of the molecule is COCCCNc1cncc(C(=O)Nc2ccc(Cl)cc2Cl)c1. The molecule has 0 spiro atoms. The van der Waals surface area contributed by atoms with Gasteiger partial charge in [0.15, 0.2) is 0 Å². The third kappa shape index (κ3) is 5.39. The van der Waals surface area contributed by atoms with Crippen LogP contribution in [-0.2, 0) is 4.74 Å².